The fourth-order valence-corrected chi connectivity index (χ4v) is 2.48. The van der Waals surface area contributed by atoms with Crippen molar-refractivity contribution in [3.63, 3.8) is 0 Å². The average molecular weight is 319 g/mol. The fourth-order valence-electron chi connectivity index (χ4n) is 1.91. The van der Waals surface area contributed by atoms with Crippen molar-refractivity contribution in [1.82, 2.24) is 4.98 Å². The maximum absolute atomic E-state index is 12.2. The Balaban J connectivity index is 2.32. The van der Waals surface area contributed by atoms with Gasteiger partial charge in [-0.25, -0.2) is 13.4 Å². The van der Waals surface area contributed by atoms with Crippen LogP contribution in [0.15, 0.2) is 36.4 Å². The average Bonchev–Trinajstić information content (AvgIpc) is 2.40. The third-order valence-corrected chi connectivity index (χ3v) is 3.43. The van der Waals surface area contributed by atoms with Gasteiger partial charge in [0.2, 0.25) is 10.0 Å². The predicted octanol–water partition coefficient (Wildman–Crippen LogP) is 2.32. The van der Waals surface area contributed by atoms with Crippen LogP contribution in [0.25, 0.3) is 0 Å². The van der Waals surface area contributed by atoms with Crippen molar-refractivity contribution >= 4 is 27.3 Å². The molecule has 0 aliphatic rings. The van der Waals surface area contributed by atoms with E-state index in [1.165, 1.54) is 0 Å². The lowest BCUT2D eigenvalue weighted by Gasteiger charge is -2.13. The number of benzene rings is 1. The van der Waals surface area contributed by atoms with Crippen molar-refractivity contribution in [3.8, 4) is 0 Å². The Morgan fingerprint density at radius 3 is 2.45 bits per heavy atom. The zero-order valence-electron chi connectivity index (χ0n) is 12.5. The molecule has 1 aromatic carbocycles. The number of hydrogen-bond donors (Lipinski definition) is 2. The summed E-state index contributed by atoms with van der Waals surface area (Å²) in [6, 6.07) is 10.2. The first kappa shape index (κ1) is 16.0. The molecule has 1 amide bonds. The largest absolute Gasteiger partial charge is 0.319 e. The van der Waals surface area contributed by atoms with Gasteiger partial charge in [0.1, 0.15) is 5.69 Å². The van der Waals surface area contributed by atoms with Crippen molar-refractivity contribution in [1.29, 1.82) is 0 Å². The Kier molecular flexibility index (Phi) is 4.46. The van der Waals surface area contributed by atoms with Crippen molar-refractivity contribution in [3.05, 3.63) is 53.3 Å². The third kappa shape index (κ3) is 4.29. The molecular weight excluding hydrogens is 302 g/mol. The maximum atomic E-state index is 12.2. The molecular formula is C15H17N3O3S. The minimum absolute atomic E-state index is 0.270. The van der Waals surface area contributed by atoms with Crippen LogP contribution in [0.4, 0.5) is 11.4 Å². The van der Waals surface area contributed by atoms with Gasteiger partial charge in [-0.15, -0.1) is 0 Å². The van der Waals surface area contributed by atoms with E-state index in [2.05, 4.69) is 15.0 Å². The summed E-state index contributed by atoms with van der Waals surface area (Å²) in [6.07, 6.45) is 1.06. The van der Waals surface area contributed by atoms with E-state index in [-0.39, 0.29) is 5.69 Å². The topological polar surface area (TPSA) is 88.2 Å². The number of carbonyl (C=O) groups is 1. The molecule has 1 heterocycles. The fraction of sp³-hybridized carbons (Fsp3) is 0.200. The molecule has 2 aromatic rings. The summed E-state index contributed by atoms with van der Waals surface area (Å²) in [5.41, 5.74) is 2.59. The second-order valence-corrected chi connectivity index (χ2v) is 6.79. The zero-order chi connectivity index (χ0) is 16.3. The Hall–Kier alpha value is -2.41. The van der Waals surface area contributed by atoms with Gasteiger partial charge in [0.05, 0.1) is 17.6 Å². The number of aryl methyl sites for hydroxylation is 2. The van der Waals surface area contributed by atoms with E-state index >= 15 is 0 Å². The van der Waals surface area contributed by atoms with E-state index in [1.807, 2.05) is 6.92 Å². The number of carbonyl (C=O) groups excluding carboxylic acids is 1. The van der Waals surface area contributed by atoms with Crippen LogP contribution in [-0.2, 0) is 10.0 Å². The monoisotopic (exact) mass is 319 g/mol. The minimum Gasteiger partial charge on any atom is -0.319 e. The van der Waals surface area contributed by atoms with Crippen LogP contribution in [0.2, 0.25) is 0 Å². The summed E-state index contributed by atoms with van der Waals surface area (Å²) in [4.78, 5) is 16.4. The van der Waals surface area contributed by atoms with Crippen molar-refractivity contribution < 1.29 is 13.2 Å². The maximum Gasteiger partial charge on any atom is 0.274 e. The van der Waals surface area contributed by atoms with E-state index in [4.69, 9.17) is 0 Å². The number of nitrogens with one attached hydrogen (secondary N) is 2. The van der Waals surface area contributed by atoms with Crippen molar-refractivity contribution in [2.45, 2.75) is 13.8 Å². The van der Waals surface area contributed by atoms with Gasteiger partial charge in [0.25, 0.3) is 5.91 Å². The number of rotatable bonds is 4. The SMILES string of the molecule is Cc1ccc(NS(C)(=O)=O)c(NC(=O)c2cccc(C)n2)c1. The molecule has 0 aliphatic heterocycles. The van der Waals surface area contributed by atoms with E-state index in [1.54, 1.807) is 43.3 Å². The normalized spacial score (nSPS) is 11.0. The summed E-state index contributed by atoms with van der Waals surface area (Å²) in [5, 5.41) is 2.69. The van der Waals surface area contributed by atoms with Gasteiger partial charge in [0.15, 0.2) is 0 Å². The molecule has 7 heteroatoms. The van der Waals surface area contributed by atoms with Crippen LogP contribution in [0.3, 0.4) is 0 Å². The van der Waals surface area contributed by atoms with Gasteiger partial charge in [-0.1, -0.05) is 12.1 Å². The molecule has 0 atom stereocenters. The standard InChI is InChI=1S/C15H17N3O3S/c1-10-7-8-12(18-22(3,20)21)14(9-10)17-15(19)13-6-4-5-11(2)16-13/h4-9,18H,1-3H3,(H,17,19). The number of hydrogen-bond acceptors (Lipinski definition) is 4. The lowest BCUT2D eigenvalue weighted by atomic mass is 10.2. The predicted molar refractivity (Wildman–Crippen MR) is 86.6 cm³/mol. The van der Waals surface area contributed by atoms with Gasteiger partial charge in [-0.05, 0) is 43.7 Å². The Labute approximate surface area is 129 Å². The van der Waals surface area contributed by atoms with Crippen LogP contribution < -0.4 is 10.0 Å². The van der Waals surface area contributed by atoms with Crippen molar-refractivity contribution in [2.75, 3.05) is 16.3 Å². The molecule has 0 fully saturated rings. The number of amides is 1. The molecule has 116 valence electrons. The summed E-state index contributed by atoms with van der Waals surface area (Å²) in [5.74, 6) is -0.397. The summed E-state index contributed by atoms with van der Waals surface area (Å²) in [7, 11) is -3.44. The van der Waals surface area contributed by atoms with E-state index < -0.39 is 15.9 Å². The second-order valence-electron chi connectivity index (χ2n) is 5.04. The summed E-state index contributed by atoms with van der Waals surface area (Å²) >= 11 is 0. The van der Waals surface area contributed by atoms with Crippen LogP contribution in [-0.4, -0.2) is 25.6 Å². The smallest absolute Gasteiger partial charge is 0.274 e. The van der Waals surface area contributed by atoms with Gasteiger partial charge < -0.3 is 5.32 Å². The lowest BCUT2D eigenvalue weighted by molar-refractivity contribution is 0.102. The highest BCUT2D eigenvalue weighted by molar-refractivity contribution is 7.92. The summed E-state index contributed by atoms with van der Waals surface area (Å²) < 4.78 is 25.2. The summed E-state index contributed by atoms with van der Waals surface area (Å²) in [6.45, 7) is 3.64. The minimum atomic E-state index is -3.44. The third-order valence-electron chi connectivity index (χ3n) is 2.84. The Bertz CT molecular complexity index is 817. The Morgan fingerprint density at radius 1 is 1.09 bits per heavy atom. The Morgan fingerprint density at radius 2 is 1.82 bits per heavy atom. The molecule has 0 unspecified atom stereocenters. The first-order chi connectivity index (χ1) is 10.2. The van der Waals surface area contributed by atoms with E-state index in [9.17, 15) is 13.2 Å². The number of aromatic nitrogens is 1. The highest BCUT2D eigenvalue weighted by atomic mass is 32.2. The molecule has 0 aliphatic carbocycles. The molecule has 0 bridgehead atoms. The van der Waals surface area contributed by atoms with Crippen LogP contribution in [0.1, 0.15) is 21.7 Å². The molecule has 0 radical (unpaired) electrons. The van der Waals surface area contributed by atoms with Gasteiger partial charge in [0, 0.05) is 5.69 Å². The molecule has 0 saturated carbocycles. The van der Waals surface area contributed by atoms with Crippen molar-refractivity contribution in [2.24, 2.45) is 0 Å². The second kappa shape index (κ2) is 6.15. The van der Waals surface area contributed by atoms with Crippen LogP contribution in [0, 0.1) is 13.8 Å². The zero-order valence-corrected chi connectivity index (χ0v) is 13.4. The highest BCUT2D eigenvalue weighted by Gasteiger charge is 2.13. The van der Waals surface area contributed by atoms with E-state index in [0.29, 0.717) is 11.4 Å². The number of nitrogens with zero attached hydrogens (tertiary/aromatic N) is 1. The molecule has 0 saturated heterocycles. The molecule has 1 aromatic heterocycles. The first-order valence-corrected chi connectivity index (χ1v) is 8.47. The first-order valence-electron chi connectivity index (χ1n) is 6.58. The van der Waals surface area contributed by atoms with E-state index in [0.717, 1.165) is 17.5 Å². The number of sulfonamides is 1. The quantitative estimate of drug-likeness (QED) is 0.905. The highest BCUT2D eigenvalue weighted by Crippen LogP contribution is 2.24. The van der Waals surface area contributed by atoms with Gasteiger partial charge in [-0.2, -0.15) is 0 Å². The van der Waals surface area contributed by atoms with Gasteiger partial charge >= 0.3 is 0 Å². The molecule has 6 nitrogen and oxygen atoms in total. The molecule has 2 N–H and O–H groups in total. The number of anilines is 2. The lowest BCUT2D eigenvalue weighted by Crippen LogP contribution is -2.17. The molecule has 22 heavy (non-hydrogen) atoms. The molecule has 2 rings (SSSR count). The molecule has 0 spiro atoms. The number of pyridine rings is 1. The van der Waals surface area contributed by atoms with Crippen LogP contribution >= 0.6 is 0 Å². The van der Waals surface area contributed by atoms with Gasteiger partial charge in [-0.3, -0.25) is 9.52 Å². The van der Waals surface area contributed by atoms with Crippen LogP contribution in [0.5, 0.6) is 0 Å².